The maximum atomic E-state index is 11.0. The van der Waals surface area contributed by atoms with Crippen LogP contribution >= 0.6 is 0 Å². The van der Waals surface area contributed by atoms with Gasteiger partial charge in [0.2, 0.25) is 0 Å². The van der Waals surface area contributed by atoms with E-state index >= 15 is 0 Å². The van der Waals surface area contributed by atoms with Crippen molar-refractivity contribution in [3.63, 3.8) is 0 Å². The minimum Gasteiger partial charge on any atom is -0.457 e. The van der Waals surface area contributed by atoms with E-state index in [0.717, 1.165) is 22.7 Å². The van der Waals surface area contributed by atoms with Crippen LogP contribution in [0.4, 0.5) is 11.4 Å². The third-order valence-corrected chi connectivity index (χ3v) is 3.89. The molecule has 0 aliphatic heterocycles. The predicted octanol–water partition coefficient (Wildman–Crippen LogP) is 5.31. The van der Waals surface area contributed by atoms with Crippen molar-refractivity contribution in [2.75, 3.05) is 5.32 Å². The molecule has 0 aliphatic carbocycles. The fourth-order valence-corrected chi connectivity index (χ4v) is 2.51. The summed E-state index contributed by atoms with van der Waals surface area (Å²) >= 11 is 0. The molecule has 5 nitrogen and oxygen atoms in total. The molecule has 1 N–H and O–H groups in total. The number of nitrogens with one attached hydrogen (secondary N) is 1. The molecule has 0 saturated heterocycles. The van der Waals surface area contributed by atoms with Crippen molar-refractivity contribution in [2.45, 2.75) is 13.5 Å². The van der Waals surface area contributed by atoms with E-state index in [1.807, 2.05) is 60.7 Å². The van der Waals surface area contributed by atoms with Gasteiger partial charge in [0, 0.05) is 23.9 Å². The monoisotopic (exact) mass is 334 g/mol. The van der Waals surface area contributed by atoms with Gasteiger partial charge in [-0.2, -0.15) is 0 Å². The number of anilines is 1. The van der Waals surface area contributed by atoms with Crippen molar-refractivity contribution in [1.82, 2.24) is 0 Å². The first-order valence-electron chi connectivity index (χ1n) is 7.93. The molecule has 0 atom stereocenters. The maximum absolute atomic E-state index is 11.0. The number of nitro benzene ring substituents is 1. The fraction of sp³-hybridized carbons (Fsp3) is 0.100. The van der Waals surface area contributed by atoms with Crippen molar-refractivity contribution in [3.05, 3.63) is 94.0 Å². The van der Waals surface area contributed by atoms with Gasteiger partial charge in [-0.1, -0.05) is 36.4 Å². The van der Waals surface area contributed by atoms with Gasteiger partial charge in [0.05, 0.1) is 4.92 Å². The van der Waals surface area contributed by atoms with Crippen molar-refractivity contribution in [3.8, 4) is 11.5 Å². The molecule has 3 aromatic carbocycles. The maximum Gasteiger partial charge on any atom is 0.274 e. The van der Waals surface area contributed by atoms with Crippen molar-refractivity contribution >= 4 is 11.4 Å². The molecule has 0 heterocycles. The summed E-state index contributed by atoms with van der Waals surface area (Å²) < 4.78 is 5.76. The number of benzene rings is 3. The zero-order valence-electron chi connectivity index (χ0n) is 13.8. The summed E-state index contributed by atoms with van der Waals surface area (Å²) in [4.78, 5) is 10.6. The molecule has 3 rings (SSSR count). The Labute approximate surface area is 146 Å². The quantitative estimate of drug-likeness (QED) is 0.490. The van der Waals surface area contributed by atoms with E-state index < -0.39 is 0 Å². The largest absolute Gasteiger partial charge is 0.457 e. The van der Waals surface area contributed by atoms with Crippen LogP contribution in [0.5, 0.6) is 11.5 Å². The van der Waals surface area contributed by atoms with Gasteiger partial charge >= 0.3 is 0 Å². The van der Waals surface area contributed by atoms with Gasteiger partial charge in [-0.05, 0) is 42.8 Å². The molecule has 25 heavy (non-hydrogen) atoms. The van der Waals surface area contributed by atoms with E-state index in [2.05, 4.69) is 5.32 Å². The van der Waals surface area contributed by atoms with Crippen molar-refractivity contribution in [2.24, 2.45) is 0 Å². The summed E-state index contributed by atoms with van der Waals surface area (Å²) in [6.45, 7) is 2.32. The second-order valence-electron chi connectivity index (χ2n) is 5.62. The van der Waals surface area contributed by atoms with Crippen LogP contribution in [-0.2, 0) is 6.54 Å². The molecule has 3 aromatic rings. The third-order valence-electron chi connectivity index (χ3n) is 3.89. The lowest BCUT2D eigenvalue weighted by Crippen LogP contribution is -2.02. The number of rotatable bonds is 6. The predicted molar refractivity (Wildman–Crippen MR) is 98.1 cm³/mol. The highest BCUT2D eigenvalue weighted by atomic mass is 16.6. The molecule has 0 fully saturated rings. The van der Waals surface area contributed by atoms with Gasteiger partial charge in [-0.15, -0.1) is 0 Å². The minimum atomic E-state index is -0.365. The average molecular weight is 334 g/mol. The molecule has 0 unspecified atom stereocenters. The summed E-state index contributed by atoms with van der Waals surface area (Å²) in [6, 6.07) is 22.4. The van der Waals surface area contributed by atoms with Crippen LogP contribution in [0.2, 0.25) is 0 Å². The van der Waals surface area contributed by atoms with Gasteiger partial charge in [-0.25, -0.2) is 0 Å². The van der Waals surface area contributed by atoms with Gasteiger partial charge in [-0.3, -0.25) is 10.1 Å². The number of ether oxygens (including phenoxy) is 1. The Balaban J connectivity index is 1.64. The molecule has 5 heteroatoms. The lowest BCUT2D eigenvalue weighted by molar-refractivity contribution is -0.385. The van der Waals surface area contributed by atoms with E-state index in [-0.39, 0.29) is 10.6 Å². The van der Waals surface area contributed by atoms with Crippen LogP contribution in [0.25, 0.3) is 0 Å². The molecule has 0 spiro atoms. The number of hydrogen-bond acceptors (Lipinski definition) is 4. The Morgan fingerprint density at radius 1 is 0.920 bits per heavy atom. The zero-order chi connectivity index (χ0) is 17.6. The Kier molecular flexibility index (Phi) is 4.95. The van der Waals surface area contributed by atoms with Crippen LogP contribution in [0.15, 0.2) is 72.8 Å². The van der Waals surface area contributed by atoms with Gasteiger partial charge < -0.3 is 10.1 Å². The summed E-state index contributed by atoms with van der Waals surface area (Å²) in [5.74, 6) is 1.56. The Morgan fingerprint density at radius 2 is 1.60 bits per heavy atom. The SMILES string of the molecule is Cc1c(NCc2ccc(Oc3ccccc3)cc2)cccc1[N+](=O)[O-]. The molecule has 0 saturated carbocycles. The molecule has 0 amide bonds. The number of para-hydroxylation sites is 1. The first-order valence-corrected chi connectivity index (χ1v) is 7.93. The zero-order valence-corrected chi connectivity index (χ0v) is 13.8. The smallest absolute Gasteiger partial charge is 0.274 e. The van der Waals surface area contributed by atoms with Crippen LogP contribution in [0.1, 0.15) is 11.1 Å². The van der Waals surface area contributed by atoms with Crippen LogP contribution in [0.3, 0.4) is 0 Å². The summed E-state index contributed by atoms with van der Waals surface area (Å²) in [5.41, 5.74) is 2.58. The third kappa shape index (κ3) is 4.14. The standard InChI is InChI=1S/C20H18N2O3/c1-15-19(8-5-9-20(15)22(23)24)21-14-16-10-12-18(13-11-16)25-17-6-3-2-4-7-17/h2-13,21H,14H2,1H3. The molecule has 0 aromatic heterocycles. The molecular formula is C20H18N2O3. The van der Waals surface area contributed by atoms with E-state index in [9.17, 15) is 10.1 Å². The van der Waals surface area contributed by atoms with Crippen LogP contribution in [0, 0.1) is 17.0 Å². The molecule has 126 valence electrons. The van der Waals surface area contributed by atoms with Crippen LogP contribution in [-0.4, -0.2) is 4.92 Å². The second-order valence-corrected chi connectivity index (χ2v) is 5.62. The number of hydrogen-bond donors (Lipinski definition) is 1. The first kappa shape index (κ1) is 16.5. The Morgan fingerprint density at radius 3 is 2.28 bits per heavy atom. The van der Waals surface area contributed by atoms with Gasteiger partial charge in [0.25, 0.3) is 5.69 Å². The van der Waals surface area contributed by atoms with E-state index in [1.165, 1.54) is 6.07 Å². The average Bonchev–Trinajstić information content (AvgIpc) is 2.63. The van der Waals surface area contributed by atoms with Crippen molar-refractivity contribution < 1.29 is 9.66 Å². The normalized spacial score (nSPS) is 10.3. The molecule has 0 radical (unpaired) electrons. The fourth-order valence-electron chi connectivity index (χ4n) is 2.51. The Bertz CT molecular complexity index is 862. The second kappa shape index (κ2) is 7.49. The number of nitro groups is 1. The highest BCUT2D eigenvalue weighted by Gasteiger charge is 2.12. The highest BCUT2D eigenvalue weighted by Crippen LogP contribution is 2.26. The molecule has 0 aliphatic rings. The van der Waals surface area contributed by atoms with E-state index in [0.29, 0.717) is 12.1 Å². The summed E-state index contributed by atoms with van der Waals surface area (Å²) in [5, 5.41) is 14.2. The minimum absolute atomic E-state index is 0.122. The van der Waals surface area contributed by atoms with E-state index in [1.54, 1.807) is 13.0 Å². The van der Waals surface area contributed by atoms with Crippen LogP contribution < -0.4 is 10.1 Å². The lowest BCUT2D eigenvalue weighted by Gasteiger charge is -2.10. The lowest BCUT2D eigenvalue weighted by atomic mass is 10.1. The first-order chi connectivity index (χ1) is 12.1. The number of nitrogens with zero attached hydrogens (tertiary/aromatic N) is 1. The van der Waals surface area contributed by atoms with Gasteiger partial charge in [0.1, 0.15) is 11.5 Å². The molecule has 0 bridgehead atoms. The molecular weight excluding hydrogens is 316 g/mol. The van der Waals surface area contributed by atoms with Crippen molar-refractivity contribution in [1.29, 1.82) is 0 Å². The van der Waals surface area contributed by atoms with Gasteiger partial charge in [0.15, 0.2) is 0 Å². The highest BCUT2D eigenvalue weighted by molar-refractivity contribution is 5.59. The Hall–Kier alpha value is -3.34. The summed E-state index contributed by atoms with van der Waals surface area (Å²) in [6.07, 6.45) is 0. The topological polar surface area (TPSA) is 64.4 Å². The summed E-state index contributed by atoms with van der Waals surface area (Å²) in [7, 11) is 0. The van der Waals surface area contributed by atoms with E-state index in [4.69, 9.17) is 4.74 Å².